The minimum absolute atomic E-state index is 0.0321. The Balaban J connectivity index is 1.84. The lowest BCUT2D eigenvalue weighted by atomic mass is 9.96. The first kappa shape index (κ1) is 12.8. The van der Waals surface area contributed by atoms with Crippen molar-refractivity contribution in [1.82, 2.24) is 9.36 Å². The first-order chi connectivity index (χ1) is 8.05. The highest BCUT2D eigenvalue weighted by Crippen LogP contribution is 2.23. The average Bonchev–Trinajstić information content (AvgIpc) is 2.76. The zero-order chi connectivity index (χ0) is 12.3. The van der Waals surface area contributed by atoms with Crippen molar-refractivity contribution < 1.29 is 4.74 Å². The van der Waals surface area contributed by atoms with Gasteiger partial charge in [-0.1, -0.05) is 20.8 Å². The maximum absolute atomic E-state index is 5.46. The van der Waals surface area contributed by atoms with Crippen LogP contribution in [0.5, 0.6) is 0 Å². The molecule has 0 spiro atoms. The van der Waals surface area contributed by atoms with Crippen molar-refractivity contribution in [3.63, 3.8) is 0 Å². The van der Waals surface area contributed by atoms with E-state index in [9.17, 15) is 0 Å². The summed E-state index contributed by atoms with van der Waals surface area (Å²) < 4.78 is 9.85. The predicted molar refractivity (Wildman–Crippen MR) is 70.6 cm³/mol. The third-order valence-corrected chi connectivity index (χ3v) is 3.57. The SMILES string of the molecule is CC(C)(C)c1nsc(NCC2CCCOC2)n1. The first-order valence-corrected chi connectivity index (χ1v) is 6.99. The monoisotopic (exact) mass is 255 g/mol. The van der Waals surface area contributed by atoms with Crippen LogP contribution in [0.1, 0.15) is 39.4 Å². The van der Waals surface area contributed by atoms with Crippen LogP contribution in [0.25, 0.3) is 0 Å². The van der Waals surface area contributed by atoms with Crippen LogP contribution in [0.4, 0.5) is 5.13 Å². The Bertz CT molecular complexity index is 353. The molecule has 2 rings (SSSR count). The van der Waals surface area contributed by atoms with Gasteiger partial charge < -0.3 is 10.1 Å². The van der Waals surface area contributed by atoms with E-state index >= 15 is 0 Å². The summed E-state index contributed by atoms with van der Waals surface area (Å²) in [5.41, 5.74) is 0.0321. The Morgan fingerprint density at radius 2 is 2.29 bits per heavy atom. The minimum Gasteiger partial charge on any atom is -0.381 e. The summed E-state index contributed by atoms with van der Waals surface area (Å²) in [7, 11) is 0. The van der Waals surface area contributed by atoms with Crippen molar-refractivity contribution in [2.24, 2.45) is 5.92 Å². The van der Waals surface area contributed by atoms with Crippen LogP contribution < -0.4 is 5.32 Å². The quantitative estimate of drug-likeness (QED) is 0.902. The smallest absolute Gasteiger partial charge is 0.202 e. The summed E-state index contributed by atoms with van der Waals surface area (Å²) >= 11 is 1.45. The number of anilines is 1. The number of hydrogen-bond acceptors (Lipinski definition) is 5. The molecule has 1 N–H and O–H groups in total. The van der Waals surface area contributed by atoms with Gasteiger partial charge in [0.2, 0.25) is 5.13 Å². The van der Waals surface area contributed by atoms with Gasteiger partial charge in [0.25, 0.3) is 0 Å². The molecule has 96 valence electrons. The van der Waals surface area contributed by atoms with Crippen LogP contribution in [-0.2, 0) is 10.2 Å². The van der Waals surface area contributed by atoms with E-state index in [1.807, 2.05) is 0 Å². The fourth-order valence-corrected chi connectivity index (χ4v) is 2.56. The molecule has 1 saturated heterocycles. The van der Waals surface area contributed by atoms with Crippen LogP contribution in [0.3, 0.4) is 0 Å². The van der Waals surface area contributed by atoms with Crippen LogP contribution in [-0.4, -0.2) is 29.1 Å². The van der Waals surface area contributed by atoms with Gasteiger partial charge in [-0.05, 0) is 18.8 Å². The van der Waals surface area contributed by atoms with Gasteiger partial charge >= 0.3 is 0 Å². The summed E-state index contributed by atoms with van der Waals surface area (Å²) in [6.07, 6.45) is 2.42. The van der Waals surface area contributed by atoms with E-state index in [4.69, 9.17) is 4.74 Å². The zero-order valence-electron chi connectivity index (χ0n) is 10.8. The molecule has 1 atom stereocenters. The molecule has 1 aromatic rings. The Kier molecular flexibility index (Phi) is 3.99. The van der Waals surface area contributed by atoms with Crippen LogP contribution in [0.2, 0.25) is 0 Å². The van der Waals surface area contributed by atoms with Crippen molar-refractivity contribution in [1.29, 1.82) is 0 Å². The van der Waals surface area contributed by atoms with Crippen LogP contribution in [0.15, 0.2) is 0 Å². The maximum atomic E-state index is 5.46. The average molecular weight is 255 g/mol. The molecular formula is C12H21N3OS. The van der Waals surface area contributed by atoms with Gasteiger partial charge in [-0.2, -0.15) is 4.37 Å². The second-order valence-corrected chi connectivity index (χ2v) is 6.39. The minimum atomic E-state index is 0.0321. The van der Waals surface area contributed by atoms with E-state index in [1.165, 1.54) is 24.4 Å². The van der Waals surface area contributed by atoms with E-state index in [-0.39, 0.29) is 5.41 Å². The Morgan fingerprint density at radius 1 is 1.47 bits per heavy atom. The molecule has 1 fully saturated rings. The Labute approximate surface area is 107 Å². The number of hydrogen-bond donors (Lipinski definition) is 1. The highest BCUT2D eigenvalue weighted by molar-refractivity contribution is 7.09. The molecule has 2 heterocycles. The number of nitrogens with one attached hydrogen (secondary N) is 1. The van der Waals surface area contributed by atoms with Crippen molar-refractivity contribution in [2.45, 2.75) is 39.0 Å². The summed E-state index contributed by atoms with van der Waals surface area (Å²) in [5, 5.41) is 4.30. The summed E-state index contributed by atoms with van der Waals surface area (Å²) in [5.74, 6) is 1.54. The van der Waals surface area contributed by atoms with Crippen LogP contribution in [0, 0.1) is 5.92 Å². The summed E-state index contributed by atoms with van der Waals surface area (Å²) in [4.78, 5) is 4.52. The fourth-order valence-electron chi connectivity index (χ4n) is 1.80. The molecule has 1 aliphatic rings. The molecule has 1 unspecified atom stereocenters. The van der Waals surface area contributed by atoms with Crippen molar-refractivity contribution in [3.8, 4) is 0 Å². The van der Waals surface area contributed by atoms with E-state index < -0.39 is 0 Å². The van der Waals surface area contributed by atoms with Gasteiger partial charge in [-0.25, -0.2) is 4.98 Å². The second-order valence-electron chi connectivity index (χ2n) is 5.64. The third kappa shape index (κ3) is 3.64. The van der Waals surface area contributed by atoms with Crippen molar-refractivity contribution in [2.75, 3.05) is 25.1 Å². The lowest BCUT2D eigenvalue weighted by molar-refractivity contribution is 0.0595. The first-order valence-electron chi connectivity index (χ1n) is 6.21. The van der Waals surface area contributed by atoms with Gasteiger partial charge in [0.15, 0.2) is 0 Å². The van der Waals surface area contributed by atoms with E-state index in [0.29, 0.717) is 5.92 Å². The lowest BCUT2D eigenvalue weighted by Gasteiger charge is -2.21. The molecule has 0 radical (unpaired) electrons. The van der Waals surface area contributed by atoms with Gasteiger partial charge in [0.1, 0.15) is 5.82 Å². The molecule has 0 amide bonds. The standard InChI is InChI=1S/C12H21N3OS/c1-12(2,3)10-14-11(17-15-10)13-7-9-5-4-6-16-8-9/h9H,4-8H2,1-3H3,(H,13,14,15). The normalized spacial score (nSPS) is 21.5. The lowest BCUT2D eigenvalue weighted by Crippen LogP contribution is -2.24. The number of aromatic nitrogens is 2. The van der Waals surface area contributed by atoms with E-state index in [0.717, 1.165) is 30.7 Å². The third-order valence-electron chi connectivity index (χ3n) is 2.89. The second kappa shape index (κ2) is 5.31. The predicted octanol–water partition coefficient (Wildman–Crippen LogP) is 2.67. The molecule has 1 aromatic heterocycles. The van der Waals surface area contributed by atoms with Crippen molar-refractivity contribution in [3.05, 3.63) is 5.82 Å². The maximum Gasteiger partial charge on any atom is 0.202 e. The fraction of sp³-hybridized carbons (Fsp3) is 0.833. The zero-order valence-corrected chi connectivity index (χ0v) is 11.6. The molecule has 0 aromatic carbocycles. The molecular weight excluding hydrogens is 234 g/mol. The van der Waals surface area contributed by atoms with Gasteiger partial charge in [-0.15, -0.1) is 0 Å². The summed E-state index contributed by atoms with van der Waals surface area (Å²) in [6, 6.07) is 0. The number of ether oxygens (including phenoxy) is 1. The van der Waals surface area contributed by atoms with Crippen LogP contribution >= 0.6 is 11.5 Å². The van der Waals surface area contributed by atoms with E-state index in [1.54, 1.807) is 0 Å². The van der Waals surface area contributed by atoms with E-state index in [2.05, 4.69) is 35.4 Å². The van der Waals surface area contributed by atoms with Gasteiger partial charge in [0.05, 0.1) is 6.61 Å². The summed E-state index contributed by atoms with van der Waals surface area (Å²) in [6.45, 7) is 9.13. The molecule has 0 aliphatic carbocycles. The van der Waals surface area contributed by atoms with Gasteiger partial charge in [-0.3, -0.25) is 0 Å². The molecule has 0 saturated carbocycles. The van der Waals surface area contributed by atoms with Gasteiger partial charge in [0, 0.05) is 30.1 Å². The molecule has 4 nitrogen and oxygen atoms in total. The number of rotatable bonds is 3. The molecule has 0 bridgehead atoms. The Morgan fingerprint density at radius 3 is 2.88 bits per heavy atom. The largest absolute Gasteiger partial charge is 0.381 e. The van der Waals surface area contributed by atoms with Crippen molar-refractivity contribution >= 4 is 16.7 Å². The molecule has 5 heteroatoms. The molecule has 1 aliphatic heterocycles. The molecule has 17 heavy (non-hydrogen) atoms. The number of nitrogens with zero attached hydrogens (tertiary/aromatic N) is 2. The highest BCUT2D eigenvalue weighted by atomic mass is 32.1. The highest BCUT2D eigenvalue weighted by Gasteiger charge is 2.20. The topological polar surface area (TPSA) is 47.0 Å². The Hall–Kier alpha value is -0.680.